The largest absolute Gasteiger partial charge is 0.456 e. The monoisotopic (exact) mass is 1110 g/mol. The van der Waals surface area contributed by atoms with Crippen molar-refractivity contribution < 1.29 is 11.3 Å². The number of rotatable bonds is 7. The van der Waals surface area contributed by atoms with Gasteiger partial charge in [-0.1, -0.05) is 197 Å². The van der Waals surface area contributed by atoms with E-state index in [2.05, 4.69) is 260 Å². The van der Waals surface area contributed by atoms with E-state index in [1.807, 2.05) is 23.5 Å². The van der Waals surface area contributed by atoms with Crippen LogP contribution < -0.4 is 30.4 Å². The van der Waals surface area contributed by atoms with Crippen molar-refractivity contribution in [3.05, 3.63) is 241 Å². The summed E-state index contributed by atoms with van der Waals surface area (Å²) in [7, 11) is 0. The van der Waals surface area contributed by atoms with Crippen LogP contribution in [-0.2, 0) is 21.7 Å². The molecular formula is C78H70BN3OS. The molecule has 412 valence electrons. The molecule has 2 aromatic heterocycles. The first-order valence-corrected chi connectivity index (χ1v) is 30.5. The number of para-hydroxylation sites is 2. The van der Waals surface area contributed by atoms with Gasteiger partial charge in [0.2, 0.25) is 0 Å². The Morgan fingerprint density at radius 1 is 0.512 bits per heavy atom. The first kappa shape index (κ1) is 46.9. The highest BCUT2D eigenvalue weighted by molar-refractivity contribution is 7.33. The topological polar surface area (TPSA) is 22.9 Å². The average Bonchev–Trinajstić information content (AvgIpc) is 1.48. The minimum atomic E-state index is -0.430. The summed E-state index contributed by atoms with van der Waals surface area (Å²) in [5.74, 6) is 0. The molecule has 0 bridgehead atoms. The number of anilines is 9. The maximum Gasteiger partial charge on any atom is 0.264 e. The summed E-state index contributed by atoms with van der Waals surface area (Å²) in [4.78, 5) is 7.25. The van der Waals surface area contributed by atoms with Crippen LogP contribution in [0.15, 0.2) is 223 Å². The smallest absolute Gasteiger partial charge is 0.264 e. The van der Waals surface area contributed by atoms with E-state index in [1.165, 1.54) is 31.7 Å². The Morgan fingerprint density at radius 3 is 1.92 bits per heavy atom. The van der Waals surface area contributed by atoms with E-state index in [9.17, 15) is 2.74 Å². The third kappa shape index (κ3) is 8.38. The van der Waals surface area contributed by atoms with E-state index < -0.39 is 6.04 Å². The standard InChI is InChI=1S/C78H70BN3OS/c1-75(2,3)52-29-32-54(33-30-52)82-68-44-51(49-21-13-11-14-22-49)43-67-72(68)79(74-73(82)61-45-53(76(4,5)6)31-40-71(61)84-74)64-38-35-57(48-66(64)81(67)55-36-39-70-60(46-55)59-26-18-20-28-69(59)83-70)80(65-27-19-17-25-58(65)50-23-15-12-16-24-50)56-34-37-62-63(47-56)78(9,10)42-41-77(62,7)8/h11-40,43-48H,41-42H2,1-10H3/i11D,13D,14D,21D,22D. The quantitative estimate of drug-likeness (QED) is 0.148. The molecule has 4 nitrogen and oxygen atoms in total. The lowest BCUT2D eigenvalue weighted by molar-refractivity contribution is 0.332. The molecule has 3 aliphatic rings. The van der Waals surface area contributed by atoms with Crippen LogP contribution in [-0.4, -0.2) is 6.71 Å². The molecule has 0 atom stereocenters. The maximum absolute atomic E-state index is 9.66. The van der Waals surface area contributed by atoms with Gasteiger partial charge in [0.15, 0.2) is 0 Å². The van der Waals surface area contributed by atoms with Crippen molar-refractivity contribution >= 4 is 117 Å². The van der Waals surface area contributed by atoms with Crippen molar-refractivity contribution in [3.63, 3.8) is 0 Å². The average molecular weight is 1110 g/mol. The van der Waals surface area contributed by atoms with E-state index in [1.54, 1.807) is 0 Å². The second-order valence-electron chi connectivity index (χ2n) is 26.8. The molecule has 10 aromatic carbocycles. The molecule has 0 saturated carbocycles. The molecule has 4 heterocycles. The number of furan rings is 1. The zero-order valence-electron chi connectivity index (χ0n) is 54.5. The highest BCUT2D eigenvalue weighted by Gasteiger charge is 2.46. The minimum absolute atomic E-state index is 0.00930. The first-order chi connectivity index (χ1) is 42.5. The Hall–Kier alpha value is -8.58. The SMILES string of the molecule is [2H]c1c([2H])c([2H])c(-c2cc3c4c(c2)N(c2ccc(C(C)(C)C)cc2)c2c(sc5ccc(C(C)(C)C)cc25)B4c2ccc(N(c4ccc5c(c4)C(C)(C)CCC5(C)C)c4ccccc4-c4ccccc4)cc2N3c2ccc3oc4ccccc4c3c2)c([2H])c1[2H]. The molecule has 0 radical (unpaired) electrons. The lowest BCUT2D eigenvalue weighted by atomic mass is 9.36. The van der Waals surface area contributed by atoms with Crippen molar-refractivity contribution in [2.75, 3.05) is 14.7 Å². The van der Waals surface area contributed by atoms with Gasteiger partial charge in [-0.3, -0.25) is 0 Å². The van der Waals surface area contributed by atoms with Crippen molar-refractivity contribution in [1.29, 1.82) is 0 Å². The summed E-state index contributed by atoms with van der Waals surface area (Å²) >= 11 is 1.84. The fraction of sp³-hybridized carbons (Fsp3) is 0.205. The van der Waals surface area contributed by atoms with Crippen LogP contribution >= 0.6 is 11.3 Å². The molecule has 2 aliphatic heterocycles. The molecule has 0 unspecified atom stereocenters. The van der Waals surface area contributed by atoms with E-state index in [0.717, 1.165) is 113 Å². The van der Waals surface area contributed by atoms with Crippen LogP contribution in [0.4, 0.5) is 51.2 Å². The fourth-order valence-electron chi connectivity index (χ4n) is 13.8. The molecule has 6 heteroatoms. The summed E-state index contributed by atoms with van der Waals surface area (Å²) in [6.45, 7) is 22.8. The molecule has 84 heavy (non-hydrogen) atoms. The summed E-state index contributed by atoms with van der Waals surface area (Å²) in [5, 5.41) is 3.10. The van der Waals surface area contributed by atoms with Crippen molar-refractivity contribution in [2.45, 2.75) is 104 Å². The summed E-state index contributed by atoms with van der Waals surface area (Å²) in [6, 6.07) is 66.7. The third-order valence-electron chi connectivity index (χ3n) is 18.5. The van der Waals surface area contributed by atoms with Gasteiger partial charge in [0.25, 0.3) is 6.71 Å². The molecule has 15 rings (SSSR count). The predicted molar refractivity (Wildman–Crippen MR) is 361 cm³/mol. The Morgan fingerprint density at radius 2 is 1.15 bits per heavy atom. The summed E-state index contributed by atoms with van der Waals surface area (Å²) in [5.41, 5.74) is 20.1. The normalized spacial score (nSPS) is 15.9. The highest BCUT2D eigenvalue weighted by Crippen LogP contribution is 2.53. The maximum atomic E-state index is 9.66. The molecular weight excluding hydrogens is 1040 g/mol. The van der Waals surface area contributed by atoms with Crippen molar-refractivity contribution in [1.82, 2.24) is 0 Å². The van der Waals surface area contributed by atoms with Crippen LogP contribution in [0.1, 0.15) is 111 Å². The van der Waals surface area contributed by atoms with Gasteiger partial charge in [-0.15, -0.1) is 11.3 Å². The first-order valence-electron chi connectivity index (χ1n) is 32.1. The van der Waals surface area contributed by atoms with Crippen molar-refractivity contribution in [3.8, 4) is 22.3 Å². The van der Waals surface area contributed by atoms with Gasteiger partial charge < -0.3 is 19.1 Å². The van der Waals surface area contributed by atoms with Crippen LogP contribution in [0.3, 0.4) is 0 Å². The van der Waals surface area contributed by atoms with E-state index in [4.69, 9.17) is 8.53 Å². The zero-order chi connectivity index (χ0) is 62.0. The van der Waals surface area contributed by atoms with Crippen LogP contribution in [0.2, 0.25) is 0 Å². The number of hydrogen-bond donors (Lipinski definition) is 0. The molecule has 0 N–H and O–H groups in total. The van der Waals surface area contributed by atoms with Gasteiger partial charge in [0, 0.05) is 71.0 Å². The van der Waals surface area contributed by atoms with Gasteiger partial charge in [-0.05, 0) is 175 Å². The fourth-order valence-corrected chi connectivity index (χ4v) is 15.1. The minimum Gasteiger partial charge on any atom is -0.456 e. The molecule has 12 aromatic rings. The Balaban J connectivity index is 1.08. The van der Waals surface area contributed by atoms with E-state index in [0.29, 0.717) is 5.56 Å². The lowest BCUT2D eigenvalue weighted by Crippen LogP contribution is -2.60. The van der Waals surface area contributed by atoms with Crippen LogP contribution in [0, 0.1) is 0 Å². The Bertz CT molecular complexity index is 4890. The molecule has 0 amide bonds. The molecule has 0 fully saturated rings. The van der Waals surface area contributed by atoms with Gasteiger partial charge in [-0.2, -0.15) is 0 Å². The van der Waals surface area contributed by atoms with E-state index >= 15 is 0 Å². The van der Waals surface area contributed by atoms with Gasteiger partial charge in [0.05, 0.1) is 18.2 Å². The lowest BCUT2D eigenvalue weighted by Gasteiger charge is -2.44. The Kier molecular flexibility index (Phi) is 10.6. The van der Waals surface area contributed by atoms with Crippen LogP contribution in [0.25, 0.3) is 54.3 Å². The Labute approximate surface area is 506 Å². The number of benzene rings is 10. The number of nitrogens with zero attached hydrogens (tertiary/aromatic N) is 3. The predicted octanol–water partition coefficient (Wildman–Crippen LogP) is 20.6. The summed E-state index contributed by atoms with van der Waals surface area (Å²) < 4.78 is 55.3. The third-order valence-corrected chi connectivity index (χ3v) is 19.7. The summed E-state index contributed by atoms with van der Waals surface area (Å²) in [6.07, 6.45) is 2.18. The molecule has 0 saturated heterocycles. The number of fused-ring (bicyclic) bond motifs is 10. The molecule has 1 aliphatic carbocycles. The highest BCUT2D eigenvalue weighted by atomic mass is 32.1. The van der Waals surface area contributed by atoms with Gasteiger partial charge in [-0.25, -0.2) is 0 Å². The van der Waals surface area contributed by atoms with Gasteiger partial charge in [0.1, 0.15) is 11.2 Å². The van der Waals surface area contributed by atoms with Crippen LogP contribution in [0.5, 0.6) is 0 Å². The van der Waals surface area contributed by atoms with E-state index in [-0.39, 0.29) is 58.1 Å². The zero-order valence-corrected chi connectivity index (χ0v) is 50.4. The second-order valence-corrected chi connectivity index (χ2v) is 27.9. The second kappa shape index (κ2) is 19.0. The number of thiophene rings is 1. The molecule has 0 spiro atoms. The number of hydrogen-bond acceptors (Lipinski definition) is 5. The van der Waals surface area contributed by atoms with Gasteiger partial charge >= 0.3 is 0 Å². The van der Waals surface area contributed by atoms with Crippen molar-refractivity contribution in [2.24, 2.45) is 0 Å².